The third kappa shape index (κ3) is 31.5. The first-order valence-corrected chi connectivity index (χ1v) is 5.90. The van der Waals surface area contributed by atoms with Crippen molar-refractivity contribution < 1.29 is 0 Å². The Balaban J connectivity index is -0.000000175. The van der Waals surface area contributed by atoms with Crippen LogP contribution in [0.1, 0.15) is 48.0 Å². The SMILES string of the molecule is CC.CC.CCNCC[C@H](C)P. The van der Waals surface area contributed by atoms with E-state index in [1.165, 1.54) is 6.42 Å². The Morgan fingerprint density at radius 2 is 1.58 bits per heavy atom. The van der Waals surface area contributed by atoms with Crippen molar-refractivity contribution in [3.8, 4) is 0 Å². The van der Waals surface area contributed by atoms with Crippen LogP contribution in [0.4, 0.5) is 0 Å². The van der Waals surface area contributed by atoms with Gasteiger partial charge in [0.05, 0.1) is 0 Å². The van der Waals surface area contributed by atoms with Crippen molar-refractivity contribution in [3.63, 3.8) is 0 Å². The zero-order valence-corrected chi connectivity index (χ0v) is 10.9. The van der Waals surface area contributed by atoms with Gasteiger partial charge in [-0.3, -0.25) is 0 Å². The summed E-state index contributed by atoms with van der Waals surface area (Å²) >= 11 is 0. The summed E-state index contributed by atoms with van der Waals surface area (Å²) < 4.78 is 0. The van der Waals surface area contributed by atoms with Crippen LogP contribution in [0.2, 0.25) is 0 Å². The van der Waals surface area contributed by atoms with Crippen molar-refractivity contribution in [2.24, 2.45) is 0 Å². The zero-order chi connectivity index (χ0) is 10.4. The molecule has 2 atom stereocenters. The van der Waals surface area contributed by atoms with Crippen molar-refractivity contribution in [1.82, 2.24) is 5.32 Å². The predicted molar refractivity (Wildman–Crippen MR) is 65.0 cm³/mol. The lowest BCUT2D eigenvalue weighted by atomic mass is 10.3. The molecule has 1 unspecified atom stereocenters. The summed E-state index contributed by atoms with van der Waals surface area (Å²) in [6.45, 7) is 14.6. The van der Waals surface area contributed by atoms with Gasteiger partial charge in [-0.15, -0.1) is 9.24 Å². The monoisotopic (exact) mass is 193 g/mol. The molecule has 0 aromatic heterocycles. The number of nitrogens with one attached hydrogen (secondary N) is 1. The molecular formula is C10H28NP. The molecule has 0 aromatic carbocycles. The van der Waals surface area contributed by atoms with E-state index in [0.717, 1.165) is 18.7 Å². The summed E-state index contributed by atoms with van der Waals surface area (Å²) in [6.07, 6.45) is 1.26. The second-order valence-corrected chi connectivity index (χ2v) is 3.26. The van der Waals surface area contributed by atoms with Crippen LogP contribution >= 0.6 is 9.24 Å². The maximum absolute atomic E-state index is 3.27. The highest BCUT2D eigenvalue weighted by molar-refractivity contribution is 7.17. The molecule has 12 heavy (non-hydrogen) atoms. The molecule has 0 bridgehead atoms. The fraction of sp³-hybridized carbons (Fsp3) is 1.00. The molecule has 2 heteroatoms. The Labute approximate surface area is 81.9 Å². The highest BCUT2D eigenvalue weighted by Crippen LogP contribution is 2.00. The second kappa shape index (κ2) is 22.5. The molecule has 0 amide bonds. The Morgan fingerprint density at radius 3 is 1.83 bits per heavy atom. The van der Waals surface area contributed by atoms with Crippen molar-refractivity contribution in [2.75, 3.05) is 13.1 Å². The summed E-state index contributed by atoms with van der Waals surface area (Å²) in [5, 5.41) is 3.27. The van der Waals surface area contributed by atoms with Crippen molar-refractivity contribution in [1.29, 1.82) is 0 Å². The molecule has 0 aromatic rings. The van der Waals surface area contributed by atoms with Crippen LogP contribution in [0.15, 0.2) is 0 Å². The van der Waals surface area contributed by atoms with E-state index in [1.54, 1.807) is 0 Å². The van der Waals surface area contributed by atoms with Crippen LogP contribution in [0, 0.1) is 0 Å². The fourth-order valence-corrected chi connectivity index (χ4v) is 0.673. The first-order valence-electron chi connectivity index (χ1n) is 5.23. The topological polar surface area (TPSA) is 12.0 Å². The Bertz CT molecular complexity index is 47.1. The molecule has 0 fully saturated rings. The number of rotatable bonds is 4. The summed E-state index contributed by atoms with van der Waals surface area (Å²) in [5.74, 6) is 0. The molecule has 0 rings (SSSR count). The van der Waals surface area contributed by atoms with Gasteiger partial charge in [0.25, 0.3) is 0 Å². The van der Waals surface area contributed by atoms with E-state index in [0.29, 0.717) is 0 Å². The first-order chi connectivity index (χ1) is 5.77. The van der Waals surface area contributed by atoms with Crippen molar-refractivity contribution in [3.05, 3.63) is 0 Å². The van der Waals surface area contributed by atoms with Crippen LogP contribution in [0.5, 0.6) is 0 Å². The minimum absolute atomic E-state index is 0.758. The summed E-state index contributed by atoms with van der Waals surface area (Å²) in [5.41, 5.74) is 0.758. The van der Waals surface area contributed by atoms with Crippen molar-refractivity contribution in [2.45, 2.75) is 53.6 Å². The van der Waals surface area contributed by atoms with Gasteiger partial charge in [-0.2, -0.15) is 0 Å². The van der Waals surface area contributed by atoms with Crippen LogP contribution in [-0.2, 0) is 0 Å². The molecular weight excluding hydrogens is 165 g/mol. The molecule has 0 aliphatic heterocycles. The maximum Gasteiger partial charge on any atom is -0.00433 e. The molecule has 0 aliphatic carbocycles. The molecule has 78 valence electrons. The Hall–Kier alpha value is 0.390. The number of hydrogen-bond donors (Lipinski definition) is 1. The Kier molecular flexibility index (Phi) is 34.2. The average Bonchev–Trinajstić information content (AvgIpc) is 2.12. The maximum atomic E-state index is 3.27. The summed E-state index contributed by atoms with van der Waals surface area (Å²) in [4.78, 5) is 0. The van der Waals surface area contributed by atoms with Gasteiger partial charge >= 0.3 is 0 Å². The third-order valence-electron chi connectivity index (χ3n) is 1.03. The highest BCUT2D eigenvalue weighted by atomic mass is 31.0. The molecule has 0 saturated heterocycles. The van der Waals surface area contributed by atoms with E-state index in [-0.39, 0.29) is 0 Å². The number of hydrogen-bond acceptors (Lipinski definition) is 1. The molecule has 0 saturated carbocycles. The van der Waals surface area contributed by atoms with Crippen LogP contribution in [0.3, 0.4) is 0 Å². The van der Waals surface area contributed by atoms with Gasteiger partial charge in [-0.05, 0) is 25.2 Å². The first kappa shape index (κ1) is 18.2. The lowest BCUT2D eigenvalue weighted by Crippen LogP contribution is -2.16. The average molecular weight is 193 g/mol. The molecule has 1 N–H and O–H groups in total. The van der Waals surface area contributed by atoms with Gasteiger partial charge < -0.3 is 5.32 Å². The molecule has 0 aliphatic rings. The van der Waals surface area contributed by atoms with Crippen LogP contribution < -0.4 is 5.32 Å². The van der Waals surface area contributed by atoms with Crippen LogP contribution in [0.25, 0.3) is 0 Å². The van der Waals surface area contributed by atoms with Gasteiger partial charge in [0.2, 0.25) is 0 Å². The quantitative estimate of drug-likeness (QED) is 0.533. The molecule has 0 spiro atoms. The standard InChI is InChI=1S/C6H16NP.2C2H6/c1-3-7-5-4-6(2)8;2*1-2/h6-7H,3-5,8H2,1-2H3;2*1-2H3/t6-;;/m0../s1. The summed E-state index contributed by atoms with van der Waals surface area (Å²) in [6, 6.07) is 0. The van der Waals surface area contributed by atoms with Gasteiger partial charge in [-0.25, -0.2) is 0 Å². The second-order valence-electron chi connectivity index (χ2n) is 2.12. The van der Waals surface area contributed by atoms with Crippen molar-refractivity contribution >= 4 is 9.24 Å². The van der Waals surface area contributed by atoms with E-state index >= 15 is 0 Å². The van der Waals surface area contributed by atoms with E-state index in [4.69, 9.17) is 0 Å². The Morgan fingerprint density at radius 1 is 1.17 bits per heavy atom. The third-order valence-corrected chi connectivity index (χ3v) is 1.36. The largest absolute Gasteiger partial charge is 0.317 e. The van der Waals surface area contributed by atoms with E-state index < -0.39 is 0 Å². The van der Waals surface area contributed by atoms with E-state index in [9.17, 15) is 0 Å². The normalized spacial score (nSPS) is 10.2. The molecule has 0 radical (unpaired) electrons. The van der Waals surface area contributed by atoms with E-state index in [2.05, 4.69) is 28.4 Å². The summed E-state index contributed by atoms with van der Waals surface area (Å²) in [7, 11) is 2.79. The minimum Gasteiger partial charge on any atom is -0.317 e. The zero-order valence-electron chi connectivity index (χ0n) is 9.78. The lowest BCUT2D eigenvalue weighted by molar-refractivity contribution is 0.670. The van der Waals surface area contributed by atoms with Gasteiger partial charge in [0.1, 0.15) is 0 Å². The smallest absolute Gasteiger partial charge is 0.00433 e. The van der Waals surface area contributed by atoms with Gasteiger partial charge in [0.15, 0.2) is 0 Å². The highest BCUT2D eigenvalue weighted by Gasteiger charge is 1.89. The van der Waals surface area contributed by atoms with E-state index in [1.807, 2.05) is 27.7 Å². The molecule has 1 nitrogen and oxygen atoms in total. The van der Waals surface area contributed by atoms with Gasteiger partial charge in [-0.1, -0.05) is 41.5 Å². The van der Waals surface area contributed by atoms with Gasteiger partial charge in [0, 0.05) is 0 Å². The predicted octanol–water partition coefficient (Wildman–Crippen LogP) is 3.30. The van der Waals surface area contributed by atoms with Crippen LogP contribution in [-0.4, -0.2) is 18.7 Å². The molecule has 0 heterocycles. The lowest BCUT2D eigenvalue weighted by Gasteiger charge is -2.02. The fourth-order valence-electron chi connectivity index (χ4n) is 0.507. The minimum atomic E-state index is 0.758.